The van der Waals surface area contributed by atoms with E-state index in [-0.39, 0.29) is 12.1 Å². The van der Waals surface area contributed by atoms with Gasteiger partial charge in [-0.3, -0.25) is 9.55 Å². The summed E-state index contributed by atoms with van der Waals surface area (Å²) in [5.41, 5.74) is 0.728. The molecule has 1 aliphatic heterocycles. The van der Waals surface area contributed by atoms with Gasteiger partial charge in [-0.05, 0) is 0 Å². The van der Waals surface area contributed by atoms with E-state index >= 15 is 0 Å². The molecule has 3 rings (SSSR count). The van der Waals surface area contributed by atoms with E-state index in [4.69, 9.17) is 0 Å². The van der Waals surface area contributed by atoms with Crippen LogP contribution < -0.4 is 4.90 Å². The summed E-state index contributed by atoms with van der Waals surface area (Å²) in [4.78, 5) is 10.1. The van der Waals surface area contributed by atoms with Crippen LogP contribution in [0.1, 0.15) is 13.8 Å². The maximum atomic E-state index is 9.47. The van der Waals surface area contributed by atoms with Crippen LogP contribution in [-0.2, 0) is 6.54 Å². The third-order valence-corrected chi connectivity index (χ3v) is 3.18. The highest BCUT2D eigenvalue weighted by Crippen LogP contribution is 2.32. The first kappa shape index (κ1) is 12.0. The number of nitrogens with zero attached hydrogens (tertiary/aromatic N) is 6. The predicted molar refractivity (Wildman–Crippen MR) is 69.3 cm³/mol. The van der Waals surface area contributed by atoms with Crippen molar-refractivity contribution in [2.24, 2.45) is 5.41 Å². The average molecular weight is 260 g/mol. The van der Waals surface area contributed by atoms with Crippen LogP contribution in [0.25, 0.3) is 11.5 Å². The number of hydrogen-bond donors (Lipinski definition) is 1. The van der Waals surface area contributed by atoms with Crippen LogP contribution in [0, 0.1) is 5.41 Å². The molecule has 0 radical (unpaired) electrons. The Bertz CT molecular complexity index is 579. The third-order valence-electron chi connectivity index (χ3n) is 3.18. The molecule has 0 aliphatic carbocycles. The first-order valence-electron chi connectivity index (χ1n) is 6.16. The zero-order valence-electron chi connectivity index (χ0n) is 11.0. The van der Waals surface area contributed by atoms with E-state index in [0.717, 1.165) is 13.1 Å². The van der Waals surface area contributed by atoms with Crippen LogP contribution in [0.2, 0.25) is 0 Å². The molecular weight excluding hydrogens is 244 g/mol. The molecule has 1 N–H and O–H groups in total. The van der Waals surface area contributed by atoms with Gasteiger partial charge < -0.3 is 10.0 Å². The van der Waals surface area contributed by atoms with Gasteiger partial charge in [0.2, 0.25) is 5.95 Å². The van der Waals surface area contributed by atoms with Gasteiger partial charge in [-0.25, -0.2) is 4.98 Å². The molecule has 2 aromatic rings. The molecule has 0 bridgehead atoms. The van der Waals surface area contributed by atoms with Crippen LogP contribution in [0.15, 0.2) is 18.6 Å². The monoisotopic (exact) mass is 260 g/mol. The fourth-order valence-electron chi connectivity index (χ4n) is 2.46. The van der Waals surface area contributed by atoms with Gasteiger partial charge >= 0.3 is 0 Å². The van der Waals surface area contributed by atoms with Crippen molar-refractivity contribution in [3.63, 3.8) is 0 Å². The Morgan fingerprint density at radius 3 is 2.79 bits per heavy atom. The van der Waals surface area contributed by atoms with Crippen LogP contribution in [0.5, 0.6) is 0 Å². The van der Waals surface area contributed by atoms with Gasteiger partial charge in [-0.2, -0.15) is 0 Å². The number of aliphatic hydroxyl groups excluding tert-OH is 1. The molecule has 7 heteroatoms. The maximum absolute atomic E-state index is 9.47. The molecule has 7 nitrogen and oxygen atoms in total. The van der Waals surface area contributed by atoms with Crippen molar-refractivity contribution in [3.8, 4) is 11.5 Å². The second kappa shape index (κ2) is 4.27. The fourth-order valence-corrected chi connectivity index (χ4v) is 2.46. The van der Waals surface area contributed by atoms with Crippen molar-refractivity contribution < 1.29 is 5.11 Å². The molecular formula is C12H16N6O. The summed E-state index contributed by atoms with van der Waals surface area (Å²) >= 11 is 0. The van der Waals surface area contributed by atoms with Crippen molar-refractivity contribution in [1.29, 1.82) is 0 Å². The highest BCUT2D eigenvalue weighted by atomic mass is 16.3. The van der Waals surface area contributed by atoms with E-state index in [2.05, 4.69) is 34.0 Å². The van der Waals surface area contributed by atoms with E-state index < -0.39 is 0 Å². The van der Waals surface area contributed by atoms with Crippen LogP contribution in [-0.4, -0.2) is 43.1 Å². The first-order valence-corrected chi connectivity index (χ1v) is 6.16. The summed E-state index contributed by atoms with van der Waals surface area (Å²) in [5, 5.41) is 17.8. The lowest BCUT2D eigenvalue weighted by Crippen LogP contribution is -2.43. The molecule has 0 saturated carbocycles. The number of rotatable bonds is 2. The van der Waals surface area contributed by atoms with Crippen molar-refractivity contribution in [1.82, 2.24) is 24.7 Å². The average Bonchev–Trinajstić information content (AvgIpc) is 2.81. The zero-order chi connectivity index (χ0) is 13.5. The van der Waals surface area contributed by atoms with Crippen molar-refractivity contribution in [3.05, 3.63) is 18.6 Å². The summed E-state index contributed by atoms with van der Waals surface area (Å²) in [6, 6.07) is 0. The minimum Gasteiger partial charge on any atom is -0.376 e. The molecule has 1 aliphatic rings. The van der Waals surface area contributed by atoms with Crippen molar-refractivity contribution >= 4 is 5.95 Å². The van der Waals surface area contributed by atoms with Gasteiger partial charge in [0.15, 0.2) is 5.82 Å². The molecule has 0 spiro atoms. The van der Waals surface area contributed by atoms with E-state index in [9.17, 15) is 5.11 Å². The topological polar surface area (TPSA) is 80.0 Å². The number of hydrogen-bond acceptors (Lipinski definition) is 6. The van der Waals surface area contributed by atoms with Gasteiger partial charge in [0.05, 0.1) is 6.20 Å². The number of fused-ring (bicyclic) bond motifs is 1. The normalized spacial score (nSPS) is 17.3. The smallest absolute Gasteiger partial charge is 0.229 e. The number of aliphatic hydroxyl groups is 1. The Labute approximate surface area is 110 Å². The lowest BCUT2D eigenvalue weighted by Gasteiger charge is -2.38. The molecule has 19 heavy (non-hydrogen) atoms. The van der Waals surface area contributed by atoms with Gasteiger partial charge in [-0.15, -0.1) is 10.2 Å². The second-order valence-corrected chi connectivity index (χ2v) is 5.50. The van der Waals surface area contributed by atoms with Crippen molar-refractivity contribution in [2.45, 2.75) is 20.4 Å². The number of anilines is 1. The molecule has 0 saturated heterocycles. The largest absolute Gasteiger partial charge is 0.376 e. The lowest BCUT2D eigenvalue weighted by molar-refractivity contribution is 0.223. The molecule has 100 valence electrons. The lowest BCUT2D eigenvalue weighted by atomic mass is 9.91. The minimum absolute atomic E-state index is 0.0368. The second-order valence-electron chi connectivity index (χ2n) is 5.50. The molecule has 0 aromatic carbocycles. The molecule has 0 fully saturated rings. The summed E-state index contributed by atoms with van der Waals surface area (Å²) in [7, 11) is 0. The minimum atomic E-state index is -0.0674. The van der Waals surface area contributed by atoms with Gasteiger partial charge in [-0.1, -0.05) is 13.8 Å². The summed E-state index contributed by atoms with van der Waals surface area (Å²) in [5.74, 6) is 1.37. The summed E-state index contributed by atoms with van der Waals surface area (Å²) < 4.78 is 1.99. The van der Waals surface area contributed by atoms with Crippen LogP contribution in [0.3, 0.4) is 0 Å². The maximum Gasteiger partial charge on any atom is 0.229 e. The summed E-state index contributed by atoms with van der Waals surface area (Å²) in [6.45, 7) is 5.78. The highest BCUT2D eigenvalue weighted by Gasteiger charge is 2.33. The quantitative estimate of drug-likeness (QED) is 0.848. The van der Waals surface area contributed by atoms with Crippen LogP contribution >= 0.6 is 0 Å². The highest BCUT2D eigenvalue weighted by molar-refractivity contribution is 5.52. The van der Waals surface area contributed by atoms with Gasteiger partial charge in [0.25, 0.3) is 0 Å². The van der Waals surface area contributed by atoms with Gasteiger partial charge in [0.1, 0.15) is 12.4 Å². The predicted octanol–water partition coefficient (Wildman–Crippen LogP) is 0.531. The Kier molecular flexibility index (Phi) is 2.70. The number of aromatic nitrogens is 5. The van der Waals surface area contributed by atoms with E-state index in [0.29, 0.717) is 17.5 Å². The third kappa shape index (κ3) is 2.06. The molecule has 2 aromatic heterocycles. The Morgan fingerprint density at radius 1 is 1.26 bits per heavy atom. The van der Waals surface area contributed by atoms with E-state index in [1.165, 1.54) is 0 Å². The fraction of sp³-hybridized carbons (Fsp3) is 0.500. The molecule has 0 atom stereocenters. The van der Waals surface area contributed by atoms with Crippen LogP contribution in [0.4, 0.5) is 5.95 Å². The summed E-state index contributed by atoms with van der Waals surface area (Å²) in [6.07, 6.45) is 4.93. The Hall–Kier alpha value is -2.02. The zero-order valence-corrected chi connectivity index (χ0v) is 11.0. The van der Waals surface area contributed by atoms with E-state index in [1.54, 1.807) is 18.6 Å². The molecule has 0 unspecified atom stereocenters. The van der Waals surface area contributed by atoms with Crippen molar-refractivity contribution in [2.75, 3.05) is 18.2 Å². The standard InChI is InChI=1S/C12H16N6O/c1-12(2)6-17(8-19)11-16-15-10(18(11)7-12)9-5-13-3-4-14-9/h3-5,19H,6-8H2,1-2H3. The van der Waals surface area contributed by atoms with Gasteiger partial charge in [0, 0.05) is 30.9 Å². The molecule has 3 heterocycles. The SMILES string of the molecule is CC1(C)CN(CO)c2nnc(-c3cnccn3)n2C1. The molecule has 0 amide bonds. The van der Waals surface area contributed by atoms with E-state index in [1.807, 2.05) is 9.47 Å². The Balaban J connectivity index is 2.09. The first-order chi connectivity index (χ1) is 9.11. The Morgan fingerprint density at radius 2 is 2.11 bits per heavy atom.